The first kappa shape index (κ1) is 65.1. The van der Waals surface area contributed by atoms with E-state index in [-0.39, 0.29) is 18.5 Å². The molecule has 0 saturated carbocycles. The molecule has 6 nitrogen and oxygen atoms in total. The van der Waals surface area contributed by atoms with Crippen molar-refractivity contribution < 1.29 is 24.5 Å². The molecule has 0 aromatic rings. The van der Waals surface area contributed by atoms with E-state index in [2.05, 4.69) is 43.5 Å². The number of aliphatic hydroxyl groups is 2. The molecule has 0 bridgehead atoms. The van der Waals surface area contributed by atoms with E-state index in [0.29, 0.717) is 19.4 Å². The van der Waals surface area contributed by atoms with E-state index in [4.69, 9.17) is 4.74 Å². The highest BCUT2D eigenvalue weighted by Crippen LogP contribution is 2.16. The van der Waals surface area contributed by atoms with Gasteiger partial charge in [-0.25, -0.2) is 0 Å². The Morgan fingerprint density at radius 3 is 1.06 bits per heavy atom. The summed E-state index contributed by atoms with van der Waals surface area (Å²) in [6.45, 7) is 4.89. The van der Waals surface area contributed by atoms with E-state index in [1.165, 1.54) is 238 Å². The quantitative estimate of drug-likeness (QED) is 0.0321. The monoisotopic (exact) mass is 942 g/mol. The van der Waals surface area contributed by atoms with Crippen LogP contribution in [-0.2, 0) is 14.3 Å². The van der Waals surface area contributed by atoms with Crippen LogP contribution in [0.4, 0.5) is 0 Å². The molecular formula is C61H115NO5. The molecule has 0 fully saturated rings. The molecule has 0 aliphatic carbocycles. The Labute approximate surface area is 417 Å². The predicted octanol–water partition coefficient (Wildman–Crippen LogP) is 18.4. The zero-order valence-electron chi connectivity index (χ0n) is 44.9. The molecule has 6 heteroatoms. The van der Waals surface area contributed by atoms with E-state index >= 15 is 0 Å². The van der Waals surface area contributed by atoms with E-state index in [1.54, 1.807) is 6.08 Å². The van der Waals surface area contributed by atoms with Gasteiger partial charge >= 0.3 is 5.97 Å². The van der Waals surface area contributed by atoms with E-state index in [0.717, 1.165) is 51.4 Å². The van der Waals surface area contributed by atoms with E-state index in [1.807, 2.05) is 6.08 Å². The Morgan fingerprint density at radius 2 is 0.701 bits per heavy atom. The number of aliphatic hydroxyl groups excluding tert-OH is 2. The third-order valence-corrected chi connectivity index (χ3v) is 13.6. The fourth-order valence-electron chi connectivity index (χ4n) is 9.03. The minimum Gasteiger partial charge on any atom is -0.466 e. The smallest absolute Gasteiger partial charge is 0.305 e. The highest BCUT2D eigenvalue weighted by molar-refractivity contribution is 5.76. The topological polar surface area (TPSA) is 95.9 Å². The normalized spacial score (nSPS) is 12.8. The fraction of sp³-hybridized carbons (Fsp3) is 0.869. The molecule has 2 unspecified atom stereocenters. The van der Waals surface area contributed by atoms with Crippen LogP contribution in [-0.4, -0.2) is 47.4 Å². The number of ether oxygens (including phenoxy) is 1. The van der Waals surface area contributed by atoms with Gasteiger partial charge in [-0.05, 0) is 83.5 Å². The zero-order chi connectivity index (χ0) is 48.6. The Morgan fingerprint density at radius 1 is 0.403 bits per heavy atom. The molecule has 2 atom stereocenters. The lowest BCUT2D eigenvalue weighted by Crippen LogP contribution is -2.45. The predicted molar refractivity (Wildman–Crippen MR) is 292 cm³/mol. The SMILES string of the molecule is CCCCCCCCC/C=C\CCCCCCCC(=O)OCCCCCCCCCCCCCC/C=C\CCCCCCCCCC(=O)NC(CO)C(O)/C=C/CCCCCCCCCCC. The van der Waals surface area contributed by atoms with Crippen molar-refractivity contribution >= 4 is 11.9 Å². The Hall–Kier alpha value is -1.92. The van der Waals surface area contributed by atoms with E-state index < -0.39 is 12.1 Å². The molecule has 3 N–H and O–H groups in total. The van der Waals surface area contributed by atoms with Crippen LogP contribution in [0.15, 0.2) is 36.5 Å². The second kappa shape index (κ2) is 56.7. The number of carbonyl (C=O) groups is 2. The number of esters is 1. The lowest BCUT2D eigenvalue weighted by molar-refractivity contribution is -0.143. The van der Waals surface area contributed by atoms with Crippen LogP contribution < -0.4 is 5.32 Å². The fourth-order valence-corrected chi connectivity index (χ4v) is 9.03. The molecule has 67 heavy (non-hydrogen) atoms. The number of amides is 1. The number of nitrogens with one attached hydrogen (secondary N) is 1. The summed E-state index contributed by atoms with van der Waals surface area (Å²) in [7, 11) is 0. The maximum absolute atomic E-state index is 12.4. The summed E-state index contributed by atoms with van der Waals surface area (Å²) in [5.41, 5.74) is 0. The van der Waals surface area contributed by atoms with Crippen LogP contribution >= 0.6 is 0 Å². The van der Waals surface area contributed by atoms with Crippen LogP contribution in [0.3, 0.4) is 0 Å². The van der Waals surface area contributed by atoms with Crippen molar-refractivity contribution in [3.05, 3.63) is 36.5 Å². The van der Waals surface area contributed by atoms with Crippen LogP contribution in [0.2, 0.25) is 0 Å². The maximum atomic E-state index is 12.4. The standard InChI is InChI=1S/C61H115NO5/c1-3-5-7-9-11-13-15-16-17-28-31-35-39-43-47-51-55-61(66)67-56-52-48-44-40-36-32-29-26-24-22-20-18-19-21-23-25-27-30-34-38-42-46-50-54-60(65)62-58(57-63)59(64)53-49-45-41-37-33-14-12-10-8-6-4-2/h17,21,23,28,49,53,58-59,63-64H,3-16,18-20,22,24-27,29-48,50-52,54-57H2,1-2H3,(H,62,65)/b23-21-,28-17-,53-49+. The van der Waals surface area contributed by atoms with Gasteiger partial charge in [-0.2, -0.15) is 0 Å². The third-order valence-electron chi connectivity index (χ3n) is 13.6. The molecular weight excluding hydrogens is 827 g/mol. The summed E-state index contributed by atoms with van der Waals surface area (Å²) in [4.78, 5) is 24.5. The molecule has 0 spiro atoms. The van der Waals surface area contributed by atoms with Crippen LogP contribution in [0.25, 0.3) is 0 Å². The second-order valence-corrected chi connectivity index (χ2v) is 20.3. The molecule has 0 aliphatic heterocycles. The molecule has 0 saturated heterocycles. The van der Waals surface area contributed by atoms with Gasteiger partial charge in [0.2, 0.25) is 5.91 Å². The van der Waals surface area contributed by atoms with Crippen molar-refractivity contribution in [3.8, 4) is 0 Å². The molecule has 1 amide bonds. The number of carbonyl (C=O) groups excluding carboxylic acids is 2. The average molecular weight is 943 g/mol. The molecule has 0 aromatic carbocycles. The lowest BCUT2D eigenvalue weighted by atomic mass is 10.0. The first-order valence-corrected chi connectivity index (χ1v) is 29.8. The van der Waals surface area contributed by atoms with Crippen molar-refractivity contribution in [3.63, 3.8) is 0 Å². The maximum Gasteiger partial charge on any atom is 0.305 e. The molecule has 0 aliphatic rings. The number of allylic oxidation sites excluding steroid dienone is 5. The van der Waals surface area contributed by atoms with E-state index in [9.17, 15) is 19.8 Å². The first-order valence-electron chi connectivity index (χ1n) is 29.8. The number of hydrogen-bond acceptors (Lipinski definition) is 5. The van der Waals surface area contributed by atoms with Gasteiger partial charge in [0.05, 0.1) is 25.4 Å². The Kier molecular flexibility index (Phi) is 55.0. The molecule has 0 heterocycles. The Balaban J connectivity index is 3.41. The largest absolute Gasteiger partial charge is 0.466 e. The number of unbranched alkanes of at least 4 members (excludes halogenated alkanes) is 40. The van der Waals surface area contributed by atoms with Gasteiger partial charge in [-0.1, -0.05) is 256 Å². The van der Waals surface area contributed by atoms with Gasteiger partial charge in [0.15, 0.2) is 0 Å². The molecule has 394 valence electrons. The summed E-state index contributed by atoms with van der Waals surface area (Å²) in [6.07, 6.45) is 70.4. The minimum absolute atomic E-state index is 0.00331. The Bertz CT molecular complexity index is 1090. The van der Waals surface area contributed by atoms with Crippen molar-refractivity contribution in [1.29, 1.82) is 0 Å². The van der Waals surface area contributed by atoms with Gasteiger partial charge in [-0.3, -0.25) is 9.59 Å². The summed E-state index contributed by atoms with van der Waals surface area (Å²) in [5.74, 6) is -0.0723. The van der Waals surface area contributed by atoms with Gasteiger partial charge < -0.3 is 20.3 Å². The number of rotatable bonds is 55. The van der Waals surface area contributed by atoms with Gasteiger partial charge in [0.25, 0.3) is 0 Å². The van der Waals surface area contributed by atoms with Crippen LogP contribution in [0, 0.1) is 0 Å². The summed E-state index contributed by atoms with van der Waals surface area (Å²) >= 11 is 0. The lowest BCUT2D eigenvalue weighted by Gasteiger charge is -2.20. The zero-order valence-corrected chi connectivity index (χ0v) is 44.9. The summed E-state index contributed by atoms with van der Waals surface area (Å²) < 4.78 is 5.48. The van der Waals surface area contributed by atoms with Crippen molar-refractivity contribution in [2.24, 2.45) is 0 Å². The van der Waals surface area contributed by atoms with Gasteiger partial charge in [0, 0.05) is 12.8 Å². The molecule has 0 radical (unpaired) electrons. The van der Waals surface area contributed by atoms with Crippen molar-refractivity contribution in [2.75, 3.05) is 13.2 Å². The van der Waals surface area contributed by atoms with Crippen LogP contribution in [0.1, 0.15) is 316 Å². The number of hydrogen-bond donors (Lipinski definition) is 3. The third kappa shape index (κ3) is 53.3. The van der Waals surface area contributed by atoms with Crippen molar-refractivity contribution in [2.45, 2.75) is 328 Å². The second-order valence-electron chi connectivity index (χ2n) is 20.3. The van der Waals surface area contributed by atoms with Crippen molar-refractivity contribution in [1.82, 2.24) is 5.32 Å². The highest BCUT2D eigenvalue weighted by atomic mass is 16.5. The summed E-state index contributed by atoms with van der Waals surface area (Å²) in [6, 6.07) is -0.631. The summed E-state index contributed by atoms with van der Waals surface area (Å²) in [5, 5.41) is 23.0. The minimum atomic E-state index is -0.847. The van der Waals surface area contributed by atoms with Gasteiger partial charge in [0.1, 0.15) is 0 Å². The first-order chi connectivity index (χ1) is 33.0. The van der Waals surface area contributed by atoms with Gasteiger partial charge in [-0.15, -0.1) is 0 Å². The molecule has 0 aromatic heterocycles. The highest BCUT2D eigenvalue weighted by Gasteiger charge is 2.18. The average Bonchev–Trinajstić information content (AvgIpc) is 3.33. The molecule has 0 rings (SSSR count). The van der Waals surface area contributed by atoms with Crippen LogP contribution in [0.5, 0.6) is 0 Å².